The zero-order valence-electron chi connectivity index (χ0n) is 8.80. The second kappa shape index (κ2) is 6.82. The normalized spacial score (nSPS) is 10.3. The van der Waals surface area contributed by atoms with Crippen molar-refractivity contribution in [3.63, 3.8) is 0 Å². The molecule has 0 aliphatic rings. The van der Waals surface area contributed by atoms with Gasteiger partial charge < -0.3 is 4.74 Å². The lowest BCUT2D eigenvalue weighted by Crippen LogP contribution is -2.08. The van der Waals surface area contributed by atoms with Crippen LogP contribution in [-0.2, 0) is 21.7 Å². The minimum atomic E-state index is 0.0599. The Kier molecular flexibility index (Phi) is 5.68. The second-order valence-corrected chi connectivity index (χ2v) is 5.02. The molecule has 0 bridgehead atoms. The van der Waals surface area contributed by atoms with Crippen molar-refractivity contribution >= 4 is 27.4 Å². The zero-order chi connectivity index (χ0) is 11.1. The average Bonchev–Trinajstić information content (AvgIpc) is 2.25. The fourth-order valence-corrected chi connectivity index (χ4v) is 2.33. The SMILES string of the molecule is CC(C)OC(SCc1ccccc1)=S=O. The standard InChI is InChI=1S/C11H14O2S2/c1-9(2)13-11(15-12)14-8-10-6-4-3-5-7-10/h3-7,9H,8H2,1-2H3. The van der Waals surface area contributed by atoms with Gasteiger partial charge in [-0.1, -0.05) is 42.1 Å². The van der Waals surface area contributed by atoms with E-state index in [4.69, 9.17) is 4.74 Å². The molecule has 1 aromatic carbocycles. The van der Waals surface area contributed by atoms with Crippen LogP contribution in [0, 0.1) is 0 Å². The van der Waals surface area contributed by atoms with Crippen LogP contribution in [-0.4, -0.2) is 14.7 Å². The van der Waals surface area contributed by atoms with Crippen molar-refractivity contribution < 1.29 is 8.95 Å². The van der Waals surface area contributed by atoms with Gasteiger partial charge in [-0.2, -0.15) is 0 Å². The van der Waals surface area contributed by atoms with E-state index in [1.807, 2.05) is 44.2 Å². The van der Waals surface area contributed by atoms with Gasteiger partial charge in [-0.25, -0.2) is 4.21 Å². The first-order valence-electron chi connectivity index (χ1n) is 4.72. The summed E-state index contributed by atoms with van der Waals surface area (Å²) in [6.45, 7) is 3.83. The van der Waals surface area contributed by atoms with E-state index in [9.17, 15) is 4.21 Å². The van der Waals surface area contributed by atoms with Gasteiger partial charge >= 0.3 is 0 Å². The van der Waals surface area contributed by atoms with Crippen molar-refractivity contribution in [2.24, 2.45) is 0 Å². The molecular weight excluding hydrogens is 228 g/mol. The lowest BCUT2D eigenvalue weighted by atomic mass is 10.2. The highest BCUT2D eigenvalue weighted by Gasteiger charge is 2.04. The molecule has 0 saturated carbocycles. The van der Waals surface area contributed by atoms with E-state index < -0.39 is 0 Å². The van der Waals surface area contributed by atoms with Crippen LogP contribution in [0.4, 0.5) is 0 Å². The van der Waals surface area contributed by atoms with E-state index in [0.29, 0.717) is 15.6 Å². The summed E-state index contributed by atoms with van der Waals surface area (Å²) in [7, 11) is 0. The molecule has 82 valence electrons. The Morgan fingerprint density at radius 1 is 1.33 bits per heavy atom. The van der Waals surface area contributed by atoms with E-state index >= 15 is 0 Å². The number of hydrogen-bond donors (Lipinski definition) is 0. The smallest absolute Gasteiger partial charge is 0.205 e. The molecule has 0 spiro atoms. The van der Waals surface area contributed by atoms with Crippen LogP contribution in [0.2, 0.25) is 0 Å². The molecule has 0 aliphatic heterocycles. The molecule has 0 fully saturated rings. The van der Waals surface area contributed by atoms with Crippen molar-refractivity contribution in [1.29, 1.82) is 0 Å². The molecule has 0 aromatic heterocycles. The molecule has 0 N–H and O–H groups in total. The molecule has 0 heterocycles. The van der Waals surface area contributed by atoms with E-state index in [0.717, 1.165) is 5.75 Å². The van der Waals surface area contributed by atoms with Gasteiger partial charge in [-0.3, -0.25) is 0 Å². The van der Waals surface area contributed by atoms with Crippen LogP contribution in [0.3, 0.4) is 0 Å². The lowest BCUT2D eigenvalue weighted by Gasteiger charge is -2.07. The van der Waals surface area contributed by atoms with Crippen molar-refractivity contribution in [2.45, 2.75) is 25.7 Å². The maximum atomic E-state index is 10.7. The summed E-state index contributed by atoms with van der Waals surface area (Å²) in [5, 5.41) is 0. The first kappa shape index (κ1) is 12.5. The summed E-state index contributed by atoms with van der Waals surface area (Å²) in [6.07, 6.45) is 0.0599. The van der Waals surface area contributed by atoms with E-state index in [-0.39, 0.29) is 6.10 Å². The molecule has 1 rings (SSSR count). The predicted molar refractivity (Wildman–Crippen MR) is 67.1 cm³/mol. The largest absolute Gasteiger partial charge is 0.326 e. The average molecular weight is 242 g/mol. The highest BCUT2D eigenvalue weighted by Crippen LogP contribution is 2.14. The maximum absolute atomic E-state index is 10.7. The third-order valence-corrected chi connectivity index (χ3v) is 3.20. The molecule has 0 amide bonds. The lowest BCUT2D eigenvalue weighted by molar-refractivity contribution is 0.242. The highest BCUT2D eigenvalue weighted by molar-refractivity contribution is 8.19. The summed E-state index contributed by atoms with van der Waals surface area (Å²) < 4.78 is 16.6. The summed E-state index contributed by atoms with van der Waals surface area (Å²) >= 11 is 1.87. The van der Waals surface area contributed by atoms with Gasteiger partial charge in [-0.15, -0.1) is 0 Å². The molecule has 4 heteroatoms. The Labute approximate surface area is 98.1 Å². The minimum Gasteiger partial charge on any atom is -0.326 e. The van der Waals surface area contributed by atoms with Crippen LogP contribution in [0.1, 0.15) is 19.4 Å². The third-order valence-electron chi connectivity index (χ3n) is 1.60. The maximum Gasteiger partial charge on any atom is 0.205 e. The molecule has 0 unspecified atom stereocenters. The predicted octanol–water partition coefficient (Wildman–Crippen LogP) is 2.65. The van der Waals surface area contributed by atoms with Gasteiger partial charge in [-0.05, 0) is 19.4 Å². The summed E-state index contributed by atoms with van der Waals surface area (Å²) in [5.74, 6) is 0.776. The van der Waals surface area contributed by atoms with Crippen LogP contribution in [0.15, 0.2) is 30.3 Å². The first-order chi connectivity index (χ1) is 7.22. The fourth-order valence-electron chi connectivity index (χ4n) is 0.987. The molecule has 0 saturated heterocycles. The quantitative estimate of drug-likeness (QED) is 0.762. The molecular formula is C11H14O2S2. The van der Waals surface area contributed by atoms with Gasteiger partial charge in [0.05, 0.1) is 6.10 Å². The summed E-state index contributed by atoms with van der Waals surface area (Å²) in [4.78, 5) is 0. The van der Waals surface area contributed by atoms with Gasteiger partial charge in [0.25, 0.3) is 0 Å². The van der Waals surface area contributed by atoms with Crippen LogP contribution < -0.4 is 0 Å². The Bertz CT molecular complexity index is 343. The van der Waals surface area contributed by atoms with E-state index in [1.165, 1.54) is 17.3 Å². The molecule has 0 aliphatic carbocycles. The van der Waals surface area contributed by atoms with Crippen LogP contribution >= 0.6 is 11.8 Å². The third kappa shape index (κ3) is 5.16. The second-order valence-electron chi connectivity index (χ2n) is 3.27. The molecule has 0 atom stereocenters. The highest BCUT2D eigenvalue weighted by atomic mass is 32.2. The minimum absolute atomic E-state index is 0.0599. The Morgan fingerprint density at radius 3 is 2.53 bits per heavy atom. The van der Waals surface area contributed by atoms with E-state index in [2.05, 4.69) is 0 Å². The van der Waals surface area contributed by atoms with Crippen LogP contribution in [0.25, 0.3) is 0 Å². The zero-order valence-corrected chi connectivity index (χ0v) is 10.4. The topological polar surface area (TPSA) is 26.3 Å². The first-order valence-corrected chi connectivity index (χ1v) is 6.45. The molecule has 15 heavy (non-hydrogen) atoms. The summed E-state index contributed by atoms with van der Waals surface area (Å²) in [5.41, 5.74) is 1.20. The van der Waals surface area contributed by atoms with Crippen molar-refractivity contribution in [2.75, 3.05) is 0 Å². The van der Waals surface area contributed by atoms with Gasteiger partial charge in [0.15, 0.2) is 0 Å². The molecule has 1 aromatic rings. The molecule has 2 nitrogen and oxygen atoms in total. The van der Waals surface area contributed by atoms with Gasteiger partial charge in [0, 0.05) is 5.75 Å². The summed E-state index contributed by atoms with van der Waals surface area (Å²) in [6, 6.07) is 10.0. The fraction of sp³-hybridized carbons (Fsp3) is 0.364. The van der Waals surface area contributed by atoms with Crippen molar-refractivity contribution in [1.82, 2.24) is 0 Å². The van der Waals surface area contributed by atoms with Gasteiger partial charge in [0.1, 0.15) is 11.3 Å². The van der Waals surface area contributed by atoms with Gasteiger partial charge in [0.2, 0.25) is 4.38 Å². The monoisotopic (exact) mass is 242 g/mol. The Hall–Kier alpha value is -0.580. The van der Waals surface area contributed by atoms with Crippen LogP contribution in [0.5, 0.6) is 0 Å². The number of thioether (sulfide) groups is 1. The van der Waals surface area contributed by atoms with E-state index in [1.54, 1.807) is 0 Å². The number of benzene rings is 1. The Balaban J connectivity index is 2.46. The Morgan fingerprint density at radius 2 is 2.00 bits per heavy atom. The van der Waals surface area contributed by atoms with Crippen molar-refractivity contribution in [3.05, 3.63) is 35.9 Å². The number of hydrogen-bond acceptors (Lipinski definition) is 3. The number of rotatable bonds is 3. The van der Waals surface area contributed by atoms with Crippen molar-refractivity contribution in [3.8, 4) is 0 Å². The number of ether oxygens (including phenoxy) is 1. The molecule has 0 radical (unpaired) electrons.